The third kappa shape index (κ3) is 3.79. The molecule has 0 bridgehead atoms. The SMILES string of the molecule is Cn1c(C(=O)O)c(C(C(=O)O)N2CCN(Cc3ccc4c(c3)OCO4)CC2)c2ccccc21. The van der Waals surface area contributed by atoms with E-state index in [1.165, 1.54) is 0 Å². The number of carbonyl (C=O) groups is 2. The molecule has 0 saturated carbocycles. The van der Waals surface area contributed by atoms with Crippen molar-refractivity contribution in [1.29, 1.82) is 0 Å². The average molecular weight is 451 g/mol. The van der Waals surface area contributed by atoms with Crippen LogP contribution in [0.5, 0.6) is 11.5 Å². The zero-order chi connectivity index (χ0) is 23.1. The van der Waals surface area contributed by atoms with E-state index < -0.39 is 18.0 Å². The maximum atomic E-state index is 12.4. The van der Waals surface area contributed by atoms with E-state index in [-0.39, 0.29) is 12.5 Å². The minimum Gasteiger partial charge on any atom is -0.480 e. The van der Waals surface area contributed by atoms with Crippen molar-refractivity contribution < 1.29 is 29.3 Å². The molecule has 0 amide bonds. The molecule has 1 fully saturated rings. The summed E-state index contributed by atoms with van der Waals surface area (Å²) in [6, 6.07) is 12.1. The number of para-hydroxylation sites is 1. The van der Waals surface area contributed by atoms with Crippen LogP contribution in [0.1, 0.15) is 27.7 Å². The molecule has 9 nitrogen and oxygen atoms in total. The Bertz CT molecular complexity index is 1230. The van der Waals surface area contributed by atoms with Crippen LogP contribution in [-0.2, 0) is 18.4 Å². The average Bonchev–Trinajstić information content (AvgIpc) is 3.38. The van der Waals surface area contributed by atoms with Gasteiger partial charge in [0.15, 0.2) is 11.5 Å². The number of aromatic carboxylic acids is 1. The van der Waals surface area contributed by atoms with Crippen molar-refractivity contribution >= 4 is 22.8 Å². The summed E-state index contributed by atoms with van der Waals surface area (Å²) in [7, 11) is 1.66. The van der Waals surface area contributed by atoms with Crippen molar-refractivity contribution in [2.24, 2.45) is 7.05 Å². The minimum atomic E-state index is -1.13. The molecule has 3 heterocycles. The molecule has 2 aliphatic rings. The lowest BCUT2D eigenvalue weighted by molar-refractivity contribution is -0.144. The van der Waals surface area contributed by atoms with Gasteiger partial charge in [0.1, 0.15) is 11.7 Å². The third-order valence-corrected chi connectivity index (χ3v) is 6.47. The highest BCUT2D eigenvalue weighted by molar-refractivity contribution is 6.01. The Kier molecular flexibility index (Phi) is 5.43. The molecule has 9 heteroatoms. The summed E-state index contributed by atoms with van der Waals surface area (Å²) < 4.78 is 12.4. The van der Waals surface area contributed by atoms with Crippen LogP contribution in [-0.4, -0.2) is 69.5 Å². The smallest absolute Gasteiger partial charge is 0.352 e. The van der Waals surface area contributed by atoms with Gasteiger partial charge in [-0.3, -0.25) is 14.6 Å². The number of fused-ring (bicyclic) bond motifs is 2. The molecule has 172 valence electrons. The molecule has 3 aromatic rings. The highest BCUT2D eigenvalue weighted by Gasteiger charge is 2.36. The zero-order valence-electron chi connectivity index (χ0n) is 18.2. The molecule has 2 aromatic carbocycles. The highest BCUT2D eigenvalue weighted by atomic mass is 16.7. The highest BCUT2D eigenvalue weighted by Crippen LogP contribution is 2.35. The molecule has 0 spiro atoms. The monoisotopic (exact) mass is 451 g/mol. The van der Waals surface area contributed by atoms with Gasteiger partial charge in [0.05, 0.1) is 0 Å². The lowest BCUT2D eigenvalue weighted by atomic mass is 10.00. The van der Waals surface area contributed by atoms with E-state index in [0.29, 0.717) is 42.6 Å². The van der Waals surface area contributed by atoms with Crippen LogP contribution in [0.25, 0.3) is 10.9 Å². The van der Waals surface area contributed by atoms with E-state index in [0.717, 1.165) is 23.6 Å². The second kappa shape index (κ2) is 8.42. The summed E-state index contributed by atoms with van der Waals surface area (Å²) >= 11 is 0. The number of aryl methyl sites for hydroxylation is 1. The molecular formula is C24H25N3O6. The number of aromatic nitrogens is 1. The van der Waals surface area contributed by atoms with E-state index in [4.69, 9.17) is 9.47 Å². The summed E-state index contributed by atoms with van der Waals surface area (Å²) in [5.74, 6) is -0.680. The van der Waals surface area contributed by atoms with Gasteiger partial charge in [-0.15, -0.1) is 0 Å². The predicted octanol–water partition coefficient (Wildman–Crippen LogP) is 2.55. The standard InChI is InChI=1S/C24H25N3O6/c1-25-17-5-3-2-4-16(17)20(21(25)23(28)29)22(24(30)31)27-10-8-26(9-11-27)13-15-6-7-18-19(12-15)33-14-32-18/h2-7,12,22H,8-11,13-14H2,1H3,(H,28,29)(H,30,31). The molecule has 1 saturated heterocycles. The first-order chi connectivity index (χ1) is 15.9. The quantitative estimate of drug-likeness (QED) is 0.589. The fraction of sp³-hybridized carbons (Fsp3) is 0.333. The number of ether oxygens (including phenoxy) is 2. The van der Waals surface area contributed by atoms with Gasteiger partial charge < -0.3 is 24.3 Å². The van der Waals surface area contributed by atoms with Gasteiger partial charge in [0, 0.05) is 56.2 Å². The van der Waals surface area contributed by atoms with E-state index >= 15 is 0 Å². The van der Waals surface area contributed by atoms with E-state index in [9.17, 15) is 19.8 Å². The molecule has 5 rings (SSSR count). The van der Waals surface area contributed by atoms with Gasteiger partial charge in [-0.05, 0) is 23.8 Å². The molecule has 33 heavy (non-hydrogen) atoms. The van der Waals surface area contributed by atoms with Crippen LogP contribution < -0.4 is 9.47 Å². The van der Waals surface area contributed by atoms with Gasteiger partial charge in [0.2, 0.25) is 6.79 Å². The van der Waals surface area contributed by atoms with Crippen molar-refractivity contribution in [2.45, 2.75) is 12.6 Å². The van der Waals surface area contributed by atoms with Crippen molar-refractivity contribution in [2.75, 3.05) is 33.0 Å². The van der Waals surface area contributed by atoms with Gasteiger partial charge in [0.25, 0.3) is 0 Å². The van der Waals surface area contributed by atoms with E-state index in [2.05, 4.69) is 4.90 Å². The fourth-order valence-electron chi connectivity index (χ4n) is 4.90. The molecule has 2 aliphatic heterocycles. The summed E-state index contributed by atoms with van der Waals surface area (Å²) in [6.45, 7) is 3.34. The van der Waals surface area contributed by atoms with Crippen molar-refractivity contribution in [1.82, 2.24) is 14.4 Å². The summed E-state index contributed by atoms with van der Waals surface area (Å²) in [5, 5.41) is 20.7. The molecule has 1 atom stereocenters. The lowest BCUT2D eigenvalue weighted by Crippen LogP contribution is -2.49. The van der Waals surface area contributed by atoms with E-state index in [1.54, 1.807) is 23.7 Å². The normalized spacial score (nSPS) is 17.4. The van der Waals surface area contributed by atoms with Gasteiger partial charge in [-0.1, -0.05) is 24.3 Å². The van der Waals surface area contributed by atoms with Crippen LogP contribution in [0.2, 0.25) is 0 Å². The lowest BCUT2D eigenvalue weighted by Gasteiger charge is -2.38. The Morgan fingerprint density at radius 3 is 2.45 bits per heavy atom. The van der Waals surface area contributed by atoms with Crippen LogP contribution in [0.4, 0.5) is 0 Å². The third-order valence-electron chi connectivity index (χ3n) is 6.47. The topological polar surface area (TPSA) is 104 Å². The van der Waals surface area contributed by atoms with Crippen molar-refractivity contribution in [3.05, 3.63) is 59.3 Å². The molecule has 0 aliphatic carbocycles. The fourth-order valence-corrected chi connectivity index (χ4v) is 4.90. The number of carboxylic acid groups (broad SMARTS) is 2. The molecule has 2 N–H and O–H groups in total. The number of hydrogen-bond donors (Lipinski definition) is 2. The van der Waals surface area contributed by atoms with Crippen molar-refractivity contribution in [3.8, 4) is 11.5 Å². The van der Waals surface area contributed by atoms with Crippen LogP contribution in [0.3, 0.4) is 0 Å². The maximum absolute atomic E-state index is 12.4. The number of benzene rings is 2. The van der Waals surface area contributed by atoms with Gasteiger partial charge in [-0.2, -0.15) is 0 Å². The Labute approximate surface area is 190 Å². The van der Waals surface area contributed by atoms with Gasteiger partial charge in [-0.25, -0.2) is 4.79 Å². The number of aliphatic carboxylic acids is 1. The second-order valence-corrected chi connectivity index (χ2v) is 8.38. The predicted molar refractivity (Wildman–Crippen MR) is 120 cm³/mol. The minimum absolute atomic E-state index is 0.0198. The Hall–Kier alpha value is -3.56. The largest absolute Gasteiger partial charge is 0.480 e. The molecule has 1 unspecified atom stereocenters. The number of rotatable bonds is 6. The Morgan fingerprint density at radius 2 is 1.73 bits per heavy atom. The maximum Gasteiger partial charge on any atom is 0.352 e. The molecule has 0 radical (unpaired) electrons. The second-order valence-electron chi connectivity index (χ2n) is 8.38. The Morgan fingerprint density at radius 1 is 1.00 bits per heavy atom. The van der Waals surface area contributed by atoms with Crippen LogP contribution in [0.15, 0.2) is 42.5 Å². The number of hydrogen-bond acceptors (Lipinski definition) is 6. The zero-order valence-corrected chi connectivity index (χ0v) is 18.2. The van der Waals surface area contributed by atoms with Gasteiger partial charge >= 0.3 is 11.9 Å². The molecule has 1 aromatic heterocycles. The number of carboxylic acids is 2. The summed E-state index contributed by atoms with van der Waals surface area (Å²) in [4.78, 5) is 28.6. The number of nitrogens with zero attached hydrogens (tertiary/aromatic N) is 3. The first-order valence-electron chi connectivity index (χ1n) is 10.8. The first-order valence-corrected chi connectivity index (χ1v) is 10.8. The summed E-state index contributed by atoms with van der Waals surface area (Å²) in [6.07, 6.45) is 0. The Balaban J connectivity index is 1.38. The number of piperazine rings is 1. The van der Waals surface area contributed by atoms with E-state index in [1.807, 2.05) is 35.2 Å². The molecular weight excluding hydrogens is 426 g/mol. The van der Waals surface area contributed by atoms with Crippen LogP contribution >= 0.6 is 0 Å². The van der Waals surface area contributed by atoms with Crippen molar-refractivity contribution in [3.63, 3.8) is 0 Å². The first kappa shape index (κ1) is 21.3. The summed E-state index contributed by atoms with van der Waals surface area (Å²) in [5.41, 5.74) is 2.17. The van der Waals surface area contributed by atoms with Crippen LogP contribution in [0, 0.1) is 0 Å².